The molecule has 5 atom stereocenters. The molecule has 3 aliphatic carbocycles. The van der Waals surface area contributed by atoms with Crippen LogP contribution in [0.3, 0.4) is 0 Å². The molecule has 0 spiro atoms. The van der Waals surface area contributed by atoms with Crippen LogP contribution in [0.2, 0.25) is 0 Å². The van der Waals surface area contributed by atoms with Crippen molar-refractivity contribution < 1.29 is 22.7 Å². The maximum absolute atomic E-state index is 13.0. The fourth-order valence-electron chi connectivity index (χ4n) is 4.69. The van der Waals surface area contributed by atoms with Gasteiger partial charge in [0.15, 0.2) is 5.41 Å². The van der Waals surface area contributed by atoms with Gasteiger partial charge in [-0.05, 0) is 69.6 Å². The second kappa shape index (κ2) is 5.41. The van der Waals surface area contributed by atoms with Crippen LogP contribution in [0.15, 0.2) is 0 Å². The molecule has 4 bridgehead atoms. The maximum Gasteiger partial charge on any atom is 0.404 e. The van der Waals surface area contributed by atoms with Crippen LogP contribution in [0.25, 0.3) is 0 Å². The highest BCUT2D eigenvalue weighted by Crippen LogP contribution is 2.50. The molecule has 0 saturated heterocycles. The first-order chi connectivity index (χ1) is 10.2. The van der Waals surface area contributed by atoms with Gasteiger partial charge in [-0.15, -0.1) is 0 Å². The van der Waals surface area contributed by atoms with Gasteiger partial charge in [-0.25, -0.2) is 0 Å². The van der Waals surface area contributed by atoms with Gasteiger partial charge >= 0.3 is 12.1 Å². The standard InChI is InChI=1S/C17H25F3O2/c1-16(2,17(18,19)20)15(21)22-14-9-11-4-3-10-5-12(6-11)8-13(14)7-10/h10-14H,3-9H2,1-2H3. The molecule has 5 unspecified atom stereocenters. The fraction of sp³-hybridized carbons (Fsp3) is 0.941. The Hall–Kier alpha value is -0.740. The van der Waals surface area contributed by atoms with Crippen LogP contribution in [0.1, 0.15) is 58.8 Å². The Bertz CT molecular complexity index is 442. The quantitative estimate of drug-likeness (QED) is 0.688. The van der Waals surface area contributed by atoms with Crippen molar-refractivity contribution in [2.75, 3.05) is 0 Å². The van der Waals surface area contributed by atoms with Gasteiger partial charge in [-0.2, -0.15) is 13.2 Å². The first kappa shape index (κ1) is 16.1. The van der Waals surface area contributed by atoms with E-state index in [1.165, 1.54) is 19.3 Å². The summed E-state index contributed by atoms with van der Waals surface area (Å²) in [5.74, 6) is 1.06. The summed E-state index contributed by atoms with van der Waals surface area (Å²) in [7, 11) is 0. The molecule has 0 heterocycles. The van der Waals surface area contributed by atoms with Crippen molar-refractivity contribution in [2.24, 2.45) is 29.1 Å². The van der Waals surface area contributed by atoms with Crippen molar-refractivity contribution in [3.63, 3.8) is 0 Å². The number of ether oxygens (including phenoxy) is 1. The van der Waals surface area contributed by atoms with Gasteiger partial charge < -0.3 is 4.74 Å². The van der Waals surface area contributed by atoms with Gasteiger partial charge in [-0.1, -0.05) is 12.8 Å². The predicted molar refractivity (Wildman–Crippen MR) is 76.0 cm³/mol. The average molecular weight is 318 g/mol. The molecule has 0 aromatic heterocycles. The highest BCUT2D eigenvalue weighted by molar-refractivity contribution is 5.77. The molecule has 2 nitrogen and oxygen atoms in total. The minimum Gasteiger partial charge on any atom is -0.461 e. The van der Waals surface area contributed by atoms with Crippen molar-refractivity contribution >= 4 is 5.97 Å². The molecule has 0 N–H and O–H groups in total. The van der Waals surface area contributed by atoms with Crippen LogP contribution >= 0.6 is 0 Å². The number of hydrogen-bond donors (Lipinski definition) is 0. The Labute approximate surface area is 129 Å². The SMILES string of the molecule is CC(C)(C(=O)OC1CC2CCC3CC(C2)CC1C3)C(F)(F)F. The lowest BCUT2D eigenvalue weighted by Gasteiger charge is -2.38. The zero-order valence-electron chi connectivity index (χ0n) is 13.3. The normalized spacial score (nSPS) is 38.5. The zero-order chi connectivity index (χ0) is 16.1. The smallest absolute Gasteiger partial charge is 0.404 e. The topological polar surface area (TPSA) is 26.3 Å². The molecule has 126 valence electrons. The molecule has 3 aliphatic rings. The Morgan fingerprint density at radius 2 is 1.45 bits per heavy atom. The Kier molecular flexibility index (Phi) is 3.97. The third-order valence-electron chi connectivity index (χ3n) is 6.16. The molecule has 3 saturated carbocycles. The van der Waals surface area contributed by atoms with E-state index in [0.29, 0.717) is 17.8 Å². The Morgan fingerprint density at radius 1 is 0.909 bits per heavy atom. The third-order valence-corrected chi connectivity index (χ3v) is 6.16. The fourth-order valence-corrected chi connectivity index (χ4v) is 4.69. The van der Waals surface area contributed by atoms with Crippen molar-refractivity contribution in [3.8, 4) is 0 Å². The van der Waals surface area contributed by atoms with Gasteiger partial charge in [0.05, 0.1) is 0 Å². The molecule has 0 aliphatic heterocycles. The third kappa shape index (κ3) is 2.88. The molecular weight excluding hydrogens is 293 g/mol. The first-order valence-electron chi connectivity index (χ1n) is 8.44. The first-order valence-corrected chi connectivity index (χ1v) is 8.44. The van der Waals surface area contributed by atoms with Gasteiger partial charge in [0.25, 0.3) is 0 Å². The van der Waals surface area contributed by atoms with Crippen molar-refractivity contribution in [3.05, 3.63) is 0 Å². The van der Waals surface area contributed by atoms with E-state index in [9.17, 15) is 18.0 Å². The number of fused-ring (bicyclic) bond motifs is 3. The minimum absolute atomic E-state index is 0.266. The van der Waals surface area contributed by atoms with Gasteiger partial charge in [0, 0.05) is 0 Å². The monoisotopic (exact) mass is 318 g/mol. The summed E-state index contributed by atoms with van der Waals surface area (Å²) in [6.45, 7) is 1.84. The number of carbonyl (C=O) groups excluding carboxylic acids is 1. The van der Waals surface area contributed by atoms with Crippen LogP contribution < -0.4 is 0 Å². The summed E-state index contributed by atoms with van der Waals surface area (Å²) in [6, 6.07) is 0. The summed E-state index contributed by atoms with van der Waals surface area (Å²) >= 11 is 0. The summed E-state index contributed by atoms with van der Waals surface area (Å²) in [5.41, 5.74) is -2.42. The van der Waals surface area contributed by atoms with Crippen LogP contribution in [0, 0.1) is 29.1 Å². The lowest BCUT2D eigenvalue weighted by atomic mass is 9.73. The van der Waals surface area contributed by atoms with Crippen LogP contribution in [0.4, 0.5) is 13.2 Å². The van der Waals surface area contributed by atoms with Crippen LogP contribution in [-0.4, -0.2) is 18.2 Å². The largest absolute Gasteiger partial charge is 0.461 e. The second-order valence-corrected chi connectivity index (χ2v) is 8.18. The molecule has 22 heavy (non-hydrogen) atoms. The van der Waals surface area contributed by atoms with Crippen molar-refractivity contribution in [1.29, 1.82) is 0 Å². The summed E-state index contributed by atoms with van der Waals surface area (Å²) in [4.78, 5) is 12.1. The number of halogens is 3. The van der Waals surface area contributed by atoms with Crippen molar-refractivity contribution in [2.45, 2.75) is 71.1 Å². The molecule has 5 heteroatoms. The molecule has 0 aromatic rings. The van der Waals surface area contributed by atoms with E-state index >= 15 is 0 Å². The van der Waals surface area contributed by atoms with E-state index in [-0.39, 0.29) is 12.0 Å². The lowest BCUT2D eigenvalue weighted by Crippen LogP contribution is -2.44. The van der Waals surface area contributed by atoms with E-state index in [1.54, 1.807) is 0 Å². The van der Waals surface area contributed by atoms with E-state index in [4.69, 9.17) is 4.74 Å². The van der Waals surface area contributed by atoms with Crippen molar-refractivity contribution in [1.82, 2.24) is 0 Å². The average Bonchev–Trinajstić information content (AvgIpc) is 2.61. The van der Waals surface area contributed by atoms with E-state index in [1.807, 2.05) is 0 Å². The van der Waals surface area contributed by atoms with Crippen LogP contribution in [0.5, 0.6) is 0 Å². The molecule has 0 aromatic carbocycles. The van der Waals surface area contributed by atoms with Gasteiger partial charge in [0.2, 0.25) is 0 Å². The molecule has 0 amide bonds. The van der Waals surface area contributed by atoms with Gasteiger partial charge in [0.1, 0.15) is 6.10 Å². The summed E-state index contributed by atoms with van der Waals surface area (Å²) in [5, 5.41) is 0. The van der Waals surface area contributed by atoms with E-state index in [0.717, 1.165) is 39.5 Å². The Balaban J connectivity index is 1.74. The zero-order valence-corrected chi connectivity index (χ0v) is 13.3. The van der Waals surface area contributed by atoms with E-state index in [2.05, 4.69) is 0 Å². The molecule has 0 radical (unpaired) electrons. The van der Waals surface area contributed by atoms with Crippen LogP contribution in [-0.2, 0) is 9.53 Å². The number of alkyl halides is 3. The minimum atomic E-state index is -4.57. The number of carbonyl (C=O) groups is 1. The van der Waals surface area contributed by atoms with E-state index < -0.39 is 17.6 Å². The number of rotatable bonds is 2. The van der Waals surface area contributed by atoms with Gasteiger partial charge in [-0.3, -0.25) is 4.79 Å². The maximum atomic E-state index is 13.0. The second-order valence-electron chi connectivity index (χ2n) is 8.18. The molecule has 3 rings (SSSR count). The number of hydrogen-bond acceptors (Lipinski definition) is 2. The predicted octanol–water partition coefficient (Wildman–Crippen LogP) is 4.72. The summed E-state index contributed by atoms with van der Waals surface area (Å²) in [6.07, 6.45) is 2.75. The number of esters is 1. The highest BCUT2D eigenvalue weighted by Gasteiger charge is 2.55. The molecular formula is C17H25F3O2. The summed E-state index contributed by atoms with van der Waals surface area (Å²) < 4.78 is 44.5. The highest BCUT2D eigenvalue weighted by atomic mass is 19.4. The Morgan fingerprint density at radius 3 is 2.05 bits per heavy atom. The molecule has 3 fully saturated rings. The lowest BCUT2D eigenvalue weighted by molar-refractivity contribution is -0.229.